The van der Waals surface area contributed by atoms with E-state index in [9.17, 15) is 0 Å². The zero-order valence-electron chi connectivity index (χ0n) is 9.16. The van der Waals surface area contributed by atoms with Crippen molar-refractivity contribution in [3.63, 3.8) is 0 Å². The highest BCUT2D eigenvalue weighted by Crippen LogP contribution is 2.26. The third-order valence-electron chi connectivity index (χ3n) is 3.07. The topological polar surface area (TPSA) is 47.3 Å². The predicted octanol–water partition coefficient (Wildman–Crippen LogP) is 2.27. The van der Waals surface area contributed by atoms with Crippen molar-refractivity contribution in [1.29, 1.82) is 0 Å². The summed E-state index contributed by atoms with van der Waals surface area (Å²) >= 11 is 5.86. The van der Waals surface area contributed by atoms with Gasteiger partial charge in [-0.15, -0.1) is 0 Å². The van der Waals surface area contributed by atoms with Crippen LogP contribution in [-0.2, 0) is 4.74 Å². The third kappa shape index (κ3) is 2.95. The Balaban J connectivity index is 2.00. The highest BCUT2D eigenvalue weighted by Gasteiger charge is 2.21. The largest absolute Gasteiger partial charge is 0.381 e. The Labute approximate surface area is 101 Å². The van der Waals surface area contributed by atoms with Crippen molar-refractivity contribution in [2.75, 3.05) is 13.2 Å². The average molecular weight is 241 g/mol. The summed E-state index contributed by atoms with van der Waals surface area (Å²) in [6.07, 6.45) is 2.14. The number of nitrogens with one attached hydrogen (secondary N) is 1. The van der Waals surface area contributed by atoms with Crippen LogP contribution in [0.5, 0.6) is 0 Å². The van der Waals surface area contributed by atoms with Crippen molar-refractivity contribution in [2.45, 2.75) is 18.9 Å². The van der Waals surface area contributed by atoms with Gasteiger partial charge in [0.1, 0.15) is 0 Å². The second kappa shape index (κ2) is 5.64. The molecule has 88 valence electrons. The second-order valence-corrected chi connectivity index (χ2v) is 4.67. The van der Waals surface area contributed by atoms with Crippen LogP contribution in [0.1, 0.15) is 24.4 Å². The van der Waals surface area contributed by atoms with Crippen molar-refractivity contribution >= 4 is 11.6 Å². The molecule has 0 amide bonds. The monoisotopic (exact) mass is 240 g/mol. The molecule has 2 atom stereocenters. The number of halogens is 1. The maximum atomic E-state index is 5.86. The summed E-state index contributed by atoms with van der Waals surface area (Å²) in [5, 5.41) is 0.753. The molecule has 4 heteroatoms. The fourth-order valence-electron chi connectivity index (χ4n) is 2.10. The molecular formula is C12H17ClN2O. The maximum Gasteiger partial charge on any atom is 0.0495 e. The standard InChI is InChI=1S/C12H17ClN2O/c13-11-3-1-10(2-4-11)12(15-14)7-9-5-6-16-8-9/h1-4,9,12,15H,5-8,14H2. The molecule has 0 aromatic heterocycles. The van der Waals surface area contributed by atoms with Crippen LogP contribution in [0.2, 0.25) is 5.02 Å². The molecule has 1 fully saturated rings. The van der Waals surface area contributed by atoms with E-state index >= 15 is 0 Å². The van der Waals surface area contributed by atoms with Gasteiger partial charge in [0.15, 0.2) is 0 Å². The number of benzene rings is 1. The minimum absolute atomic E-state index is 0.184. The summed E-state index contributed by atoms with van der Waals surface area (Å²) < 4.78 is 5.37. The van der Waals surface area contributed by atoms with Gasteiger partial charge in [0, 0.05) is 24.3 Å². The van der Waals surface area contributed by atoms with Crippen molar-refractivity contribution in [1.82, 2.24) is 5.43 Å². The summed E-state index contributed by atoms with van der Waals surface area (Å²) in [6, 6.07) is 8.01. The Hall–Kier alpha value is -0.610. The summed E-state index contributed by atoms with van der Waals surface area (Å²) in [7, 11) is 0. The lowest BCUT2D eigenvalue weighted by Crippen LogP contribution is -2.29. The van der Waals surface area contributed by atoms with Crippen LogP contribution < -0.4 is 11.3 Å². The summed E-state index contributed by atoms with van der Waals surface area (Å²) in [5.41, 5.74) is 4.05. The molecule has 0 spiro atoms. The quantitative estimate of drug-likeness (QED) is 0.627. The van der Waals surface area contributed by atoms with Gasteiger partial charge in [-0.3, -0.25) is 11.3 Å². The first-order chi connectivity index (χ1) is 7.79. The lowest BCUT2D eigenvalue weighted by molar-refractivity contribution is 0.181. The SMILES string of the molecule is NNC(CC1CCOC1)c1ccc(Cl)cc1. The molecule has 0 radical (unpaired) electrons. The zero-order valence-corrected chi connectivity index (χ0v) is 9.91. The highest BCUT2D eigenvalue weighted by atomic mass is 35.5. The lowest BCUT2D eigenvalue weighted by Gasteiger charge is -2.19. The van der Waals surface area contributed by atoms with E-state index in [0.717, 1.165) is 31.1 Å². The minimum Gasteiger partial charge on any atom is -0.381 e. The van der Waals surface area contributed by atoms with E-state index < -0.39 is 0 Å². The molecule has 2 unspecified atom stereocenters. The Morgan fingerprint density at radius 1 is 1.44 bits per heavy atom. The van der Waals surface area contributed by atoms with Crippen LogP contribution in [0.3, 0.4) is 0 Å². The first-order valence-corrected chi connectivity index (χ1v) is 5.96. The van der Waals surface area contributed by atoms with Crippen molar-refractivity contribution < 1.29 is 4.74 Å². The van der Waals surface area contributed by atoms with Crippen molar-refractivity contribution in [3.8, 4) is 0 Å². The zero-order chi connectivity index (χ0) is 11.4. The van der Waals surface area contributed by atoms with Gasteiger partial charge < -0.3 is 4.74 Å². The molecule has 1 aromatic rings. The number of hydrazine groups is 1. The Morgan fingerprint density at radius 2 is 2.19 bits per heavy atom. The molecule has 0 aliphatic carbocycles. The molecule has 1 saturated heterocycles. The number of rotatable bonds is 4. The summed E-state index contributed by atoms with van der Waals surface area (Å²) in [6.45, 7) is 1.73. The highest BCUT2D eigenvalue weighted by molar-refractivity contribution is 6.30. The van der Waals surface area contributed by atoms with Crippen LogP contribution >= 0.6 is 11.6 Å². The molecule has 1 aliphatic rings. The lowest BCUT2D eigenvalue weighted by atomic mass is 9.95. The smallest absolute Gasteiger partial charge is 0.0495 e. The fraction of sp³-hybridized carbons (Fsp3) is 0.500. The van der Waals surface area contributed by atoms with Crippen molar-refractivity contribution in [2.24, 2.45) is 11.8 Å². The van der Waals surface area contributed by atoms with E-state index in [2.05, 4.69) is 5.43 Å². The molecule has 1 aromatic carbocycles. The maximum absolute atomic E-state index is 5.86. The number of hydrogen-bond acceptors (Lipinski definition) is 3. The molecular weight excluding hydrogens is 224 g/mol. The van der Waals surface area contributed by atoms with Gasteiger partial charge in [-0.1, -0.05) is 23.7 Å². The Morgan fingerprint density at radius 3 is 2.75 bits per heavy atom. The molecule has 0 bridgehead atoms. The first-order valence-electron chi connectivity index (χ1n) is 5.59. The number of hydrogen-bond donors (Lipinski definition) is 2. The van der Waals surface area contributed by atoms with Crippen LogP contribution in [0, 0.1) is 5.92 Å². The third-order valence-corrected chi connectivity index (χ3v) is 3.32. The average Bonchev–Trinajstić information content (AvgIpc) is 2.80. The summed E-state index contributed by atoms with van der Waals surface area (Å²) in [4.78, 5) is 0. The first kappa shape index (κ1) is 11.9. The molecule has 1 heterocycles. The molecule has 0 saturated carbocycles. The van der Waals surface area contributed by atoms with Crippen LogP contribution in [0.4, 0.5) is 0 Å². The number of nitrogens with two attached hydrogens (primary N) is 1. The molecule has 3 nitrogen and oxygen atoms in total. The van der Waals surface area contributed by atoms with E-state index in [1.165, 1.54) is 5.56 Å². The van der Waals surface area contributed by atoms with E-state index in [1.807, 2.05) is 24.3 Å². The van der Waals surface area contributed by atoms with E-state index in [1.54, 1.807) is 0 Å². The molecule has 2 rings (SSSR count). The van der Waals surface area contributed by atoms with E-state index in [0.29, 0.717) is 5.92 Å². The van der Waals surface area contributed by atoms with Gasteiger partial charge in [-0.05, 0) is 36.5 Å². The number of ether oxygens (including phenoxy) is 1. The van der Waals surface area contributed by atoms with Gasteiger partial charge in [-0.2, -0.15) is 0 Å². The van der Waals surface area contributed by atoms with Crippen LogP contribution in [0.25, 0.3) is 0 Å². The Bertz CT molecular complexity index is 322. The van der Waals surface area contributed by atoms with Crippen LogP contribution in [-0.4, -0.2) is 13.2 Å². The predicted molar refractivity (Wildman–Crippen MR) is 65.1 cm³/mol. The van der Waals surface area contributed by atoms with Gasteiger partial charge >= 0.3 is 0 Å². The molecule has 16 heavy (non-hydrogen) atoms. The minimum atomic E-state index is 0.184. The van der Waals surface area contributed by atoms with Crippen LogP contribution in [0.15, 0.2) is 24.3 Å². The fourth-order valence-corrected chi connectivity index (χ4v) is 2.22. The normalized spacial score (nSPS) is 22.2. The van der Waals surface area contributed by atoms with Crippen molar-refractivity contribution in [3.05, 3.63) is 34.9 Å². The Kier molecular flexibility index (Phi) is 4.18. The van der Waals surface area contributed by atoms with Gasteiger partial charge in [0.2, 0.25) is 0 Å². The van der Waals surface area contributed by atoms with E-state index in [-0.39, 0.29) is 6.04 Å². The second-order valence-electron chi connectivity index (χ2n) is 4.24. The van der Waals surface area contributed by atoms with Gasteiger partial charge in [-0.25, -0.2) is 0 Å². The van der Waals surface area contributed by atoms with E-state index in [4.69, 9.17) is 22.2 Å². The summed E-state index contributed by atoms with van der Waals surface area (Å²) in [5.74, 6) is 6.21. The molecule has 1 aliphatic heterocycles. The van der Waals surface area contributed by atoms with Gasteiger partial charge in [0.25, 0.3) is 0 Å². The van der Waals surface area contributed by atoms with Gasteiger partial charge in [0.05, 0.1) is 0 Å². The molecule has 3 N–H and O–H groups in total.